The van der Waals surface area contributed by atoms with E-state index in [4.69, 9.17) is 11.6 Å². The predicted molar refractivity (Wildman–Crippen MR) is 78.9 cm³/mol. The lowest BCUT2D eigenvalue weighted by Gasteiger charge is -2.17. The van der Waals surface area contributed by atoms with Crippen LogP contribution in [0.5, 0.6) is 0 Å². The van der Waals surface area contributed by atoms with E-state index < -0.39 is 10.0 Å². The highest BCUT2D eigenvalue weighted by atomic mass is 35.5. The second-order valence-electron chi connectivity index (χ2n) is 4.40. The molecule has 0 saturated heterocycles. The van der Waals surface area contributed by atoms with Gasteiger partial charge in [-0.25, -0.2) is 8.42 Å². The quantitative estimate of drug-likeness (QED) is 0.798. The molecule has 0 N–H and O–H groups in total. The normalized spacial score (nSPS) is 11.8. The molecule has 0 amide bonds. The largest absolute Gasteiger partial charge is 0.264 e. The molecule has 106 valence electrons. The molecule has 20 heavy (non-hydrogen) atoms. The van der Waals surface area contributed by atoms with Crippen LogP contribution in [0.4, 0.5) is 0 Å². The number of hydrogen-bond acceptors (Lipinski definition) is 3. The Morgan fingerprint density at radius 3 is 2.60 bits per heavy atom. The van der Waals surface area contributed by atoms with Gasteiger partial charge in [0.25, 0.3) is 0 Å². The van der Waals surface area contributed by atoms with E-state index in [1.54, 1.807) is 49.8 Å². The predicted octanol–water partition coefficient (Wildman–Crippen LogP) is 2.64. The SMILES string of the molecule is CN(Cc1cccnc1)S(=O)(=O)c1cccc(CCl)c1. The summed E-state index contributed by atoms with van der Waals surface area (Å²) >= 11 is 5.74. The van der Waals surface area contributed by atoms with Crippen molar-refractivity contribution in [2.24, 2.45) is 0 Å². The summed E-state index contributed by atoms with van der Waals surface area (Å²) in [6.07, 6.45) is 3.31. The lowest BCUT2D eigenvalue weighted by molar-refractivity contribution is 0.466. The number of aromatic nitrogens is 1. The molecule has 0 saturated carbocycles. The first-order chi connectivity index (χ1) is 9.54. The van der Waals surface area contributed by atoms with Crippen LogP contribution in [0.2, 0.25) is 0 Å². The van der Waals surface area contributed by atoms with Crippen molar-refractivity contribution in [3.63, 3.8) is 0 Å². The van der Waals surface area contributed by atoms with Crippen LogP contribution in [0.25, 0.3) is 0 Å². The van der Waals surface area contributed by atoms with Crippen LogP contribution in [0.3, 0.4) is 0 Å². The van der Waals surface area contributed by atoms with Crippen LogP contribution in [0.1, 0.15) is 11.1 Å². The average molecular weight is 311 g/mol. The highest BCUT2D eigenvalue weighted by Gasteiger charge is 2.21. The number of hydrogen-bond donors (Lipinski definition) is 0. The molecule has 1 aromatic heterocycles. The van der Waals surface area contributed by atoms with Crippen molar-refractivity contribution < 1.29 is 8.42 Å². The van der Waals surface area contributed by atoms with Gasteiger partial charge in [-0.15, -0.1) is 11.6 Å². The van der Waals surface area contributed by atoms with Gasteiger partial charge < -0.3 is 0 Å². The van der Waals surface area contributed by atoms with E-state index >= 15 is 0 Å². The molecule has 4 nitrogen and oxygen atoms in total. The molecule has 0 spiro atoms. The summed E-state index contributed by atoms with van der Waals surface area (Å²) in [5.74, 6) is 0.287. The fourth-order valence-electron chi connectivity index (χ4n) is 1.80. The smallest absolute Gasteiger partial charge is 0.243 e. The van der Waals surface area contributed by atoms with Crippen molar-refractivity contribution >= 4 is 21.6 Å². The molecule has 2 rings (SSSR count). The van der Waals surface area contributed by atoms with Gasteiger partial charge in [0.2, 0.25) is 10.0 Å². The third-order valence-corrected chi connectivity index (χ3v) is 5.00. The van der Waals surface area contributed by atoms with Crippen LogP contribution in [0.15, 0.2) is 53.7 Å². The molecule has 0 atom stereocenters. The highest BCUT2D eigenvalue weighted by Crippen LogP contribution is 2.18. The molecule has 1 aromatic carbocycles. The summed E-state index contributed by atoms with van der Waals surface area (Å²) in [7, 11) is -1.97. The summed E-state index contributed by atoms with van der Waals surface area (Å²) < 4.78 is 26.2. The van der Waals surface area contributed by atoms with E-state index in [2.05, 4.69) is 4.98 Å². The minimum atomic E-state index is -3.52. The van der Waals surface area contributed by atoms with Gasteiger partial charge in [-0.05, 0) is 29.3 Å². The lowest BCUT2D eigenvalue weighted by atomic mass is 10.2. The first-order valence-corrected chi connectivity index (χ1v) is 8.01. The maximum Gasteiger partial charge on any atom is 0.243 e. The van der Waals surface area contributed by atoms with E-state index in [1.807, 2.05) is 6.07 Å². The molecule has 0 fully saturated rings. The van der Waals surface area contributed by atoms with Crippen molar-refractivity contribution in [2.45, 2.75) is 17.3 Å². The fourth-order valence-corrected chi connectivity index (χ4v) is 3.20. The van der Waals surface area contributed by atoms with Gasteiger partial charge in [0.05, 0.1) is 4.90 Å². The van der Waals surface area contributed by atoms with Gasteiger partial charge in [0.15, 0.2) is 0 Å². The Balaban J connectivity index is 2.25. The topological polar surface area (TPSA) is 50.3 Å². The van der Waals surface area contributed by atoms with Crippen molar-refractivity contribution in [3.8, 4) is 0 Å². The number of rotatable bonds is 5. The minimum absolute atomic E-state index is 0.252. The van der Waals surface area contributed by atoms with Gasteiger partial charge in [-0.2, -0.15) is 4.31 Å². The number of nitrogens with zero attached hydrogens (tertiary/aromatic N) is 2. The summed E-state index contributed by atoms with van der Waals surface area (Å²) in [6.45, 7) is 0.279. The molecule has 2 aromatic rings. The van der Waals surface area contributed by atoms with Crippen molar-refractivity contribution in [2.75, 3.05) is 7.05 Å². The van der Waals surface area contributed by atoms with E-state index in [1.165, 1.54) is 4.31 Å². The summed E-state index contributed by atoms with van der Waals surface area (Å²) in [4.78, 5) is 4.23. The Labute approximate surface area is 124 Å². The van der Waals surface area contributed by atoms with Crippen LogP contribution in [-0.2, 0) is 22.4 Å². The molecular formula is C14H15ClN2O2S. The van der Waals surface area contributed by atoms with E-state index in [0.29, 0.717) is 0 Å². The van der Waals surface area contributed by atoms with Gasteiger partial charge >= 0.3 is 0 Å². The van der Waals surface area contributed by atoms with Crippen LogP contribution >= 0.6 is 11.6 Å². The second-order valence-corrected chi connectivity index (χ2v) is 6.72. The monoisotopic (exact) mass is 310 g/mol. The third kappa shape index (κ3) is 3.36. The van der Waals surface area contributed by atoms with Crippen LogP contribution < -0.4 is 0 Å². The van der Waals surface area contributed by atoms with E-state index in [0.717, 1.165) is 11.1 Å². The summed E-state index contributed by atoms with van der Waals surface area (Å²) in [5, 5.41) is 0. The Morgan fingerprint density at radius 2 is 1.95 bits per heavy atom. The Kier molecular flexibility index (Phi) is 4.75. The maximum absolute atomic E-state index is 12.5. The standard InChI is InChI=1S/C14H15ClN2O2S/c1-17(11-13-5-3-7-16-10-13)20(18,19)14-6-2-4-12(8-14)9-15/h2-8,10H,9,11H2,1H3. The van der Waals surface area contributed by atoms with Gasteiger partial charge in [-0.3, -0.25) is 4.98 Å². The first kappa shape index (κ1) is 15.0. The maximum atomic E-state index is 12.5. The molecule has 0 aliphatic heterocycles. The fraction of sp³-hybridized carbons (Fsp3) is 0.214. The van der Waals surface area contributed by atoms with Gasteiger partial charge in [0, 0.05) is 31.9 Å². The molecule has 0 radical (unpaired) electrons. The number of benzene rings is 1. The lowest BCUT2D eigenvalue weighted by Crippen LogP contribution is -2.26. The Hall–Kier alpha value is -1.43. The molecule has 0 aliphatic rings. The second kappa shape index (κ2) is 6.35. The highest BCUT2D eigenvalue weighted by molar-refractivity contribution is 7.89. The van der Waals surface area contributed by atoms with Gasteiger partial charge in [0.1, 0.15) is 0 Å². The summed E-state index contributed by atoms with van der Waals surface area (Å²) in [6, 6.07) is 10.3. The van der Waals surface area contributed by atoms with Crippen molar-refractivity contribution in [1.82, 2.24) is 9.29 Å². The zero-order valence-electron chi connectivity index (χ0n) is 11.0. The number of pyridine rings is 1. The molecule has 0 aliphatic carbocycles. The van der Waals surface area contributed by atoms with E-state index in [-0.39, 0.29) is 17.3 Å². The van der Waals surface area contributed by atoms with Crippen LogP contribution in [0, 0.1) is 0 Å². The third-order valence-electron chi connectivity index (χ3n) is 2.89. The van der Waals surface area contributed by atoms with Gasteiger partial charge in [-0.1, -0.05) is 18.2 Å². The number of alkyl halides is 1. The molecule has 0 unspecified atom stereocenters. The average Bonchev–Trinajstić information content (AvgIpc) is 2.48. The Bertz CT molecular complexity index is 675. The number of halogens is 1. The Morgan fingerprint density at radius 1 is 1.20 bits per heavy atom. The first-order valence-electron chi connectivity index (χ1n) is 6.04. The van der Waals surface area contributed by atoms with Crippen molar-refractivity contribution in [3.05, 3.63) is 59.9 Å². The summed E-state index contributed by atoms with van der Waals surface area (Å²) in [5.41, 5.74) is 1.62. The molecule has 6 heteroatoms. The number of sulfonamides is 1. The van der Waals surface area contributed by atoms with Crippen LogP contribution in [-0.4, -0.2) is 24.8 Å². The molecular weight excluding hydrogens is 296 g/mol. The molecule has 1 heterocycles. The van der Waals surface area contributed by atoms with E-state index in [9.17, 15) is 8.42 Å². The van der Waals surface area contributed by atoms with Crippen molar-refractivity contribution in [1.29, 1.82) is 0 Å². The zero-order valence-corrected chi connectivity index (χ0v) is 12.6. The minimum Gasteiger partial charge on any atom is -0.264 e. The zero-order chi connectivity index (χ0) is 14.6. The molecule has 0 bridgehead atoms.